The molecule has 1 heterocycles. The fourth-order valence-electron chi connectivity index (χ4n) is 2.41. The lowest BCUT2D eigenvalue weighted by molar-refractivity contribution is -0.122. The summed E-state index contributed by atoms with van der Waals surface area (Å²) in [5.74, 6) is 1.58. The molecule has 0 aliphatic heterocycles. The molecule has 142 valence electrons. The number of ether oxygens (including phenoxy) is 2. The topological polar surface area (TPSA) is 63.9 Å². The molecule has 8 heteroatoms. The standard InChI is InChI=1S/C18H22F2N2O4/c1-12-4-6-14(25-12)10-22(2)11-17(23)21-9-13-5-7-15(26-18(19)20)16(8-13)24-3/h4-8,18H,9-11H2,1-3H3,(H,21,23). The fraction of sp³-hybridized carbons (Fsp3) is 0.389. The van der Waals surface area contributed by atoms with Gasteiger partial charge in [-0.25, -0.2) is 0 Å². The summed E-state index contributed by atoms with van der Waals surface area (Å²) in [7, 11) is 3.18. The number of alkyl halides is 2. The summed E-state index contributed by atoms with van der Waals surface area (Å²) in [6, 6.07) is 8.28. The molecule has 0 fully saturated rings. The molecule has 0 saturated heterocycles. The zero-order valence-corrected chi connectivity index (χ0v) is 14.9. The first-order valence-electron chi connectivity index (χ1n) is 7.99. The van der Waals surface area contributed by atoms with Gasteiger partial charge in [0.15, 0.2) is 11.5 Å². The highest BCUT2D eigenvalue weighted by atomic mass is 19.3. The van der Waals surface area contributed by atoms with E-state index in [1.807, 2.05) is 31.0 Å². The molecule has 0 unspecified atom stereocenters. The molecule has 0 saturated carbocycles. The minimum atomic E-state index is -2.93. The van der Waals surface area contributed by atoms with Gasteiger partial charge >= 0.3 is 6.61 Å². The Morgan fingerprint density at radius 1 is 1.27 bits per heavy atom. The lowest BCUT2D eigenvalue weighted by Crippen LogP contribution is -2.34. The molecule has 1 aromatic heterocycles. The third-order valence-electron chi connectivity index (χ3n) is 3.57. The van der Waals surface area contributed by atoms with E-state index in [2.05, 4.69) is 10.1 Å². The SMILES string of the molecule is COc1cc(CNC(=O)CN(C)Cc2ccc(C)o2)ccc1OC(F)F. The van der Waals surface area contributed by atoms with E-state index < -0.39 is 6.61 Å². The van der Waals surface area contributed by atoms with Crippen LogP contribution in [0.4, 0.5) is 8.78 Å². The molecule has 0 aliphatic carbocycles. The second-order valence-electron chi connectivity index (χ2n) is 5.83. The highest BCUT2D eigenvalue weighted by Crippen LogP contribution is 2.29. The Hall–Kier alpha value is -2.61. The summed E-state index contributed by atoms with van der Waals surface area (Å²) in [4.78, 5) is 13.9. The smallest absolute Gasteiger partial charge is 0.387 e. The predicted molar refractivity (Wildman–Crippen MR) is 91.3 cm³/mol. The number of nitrogens with one attached hydrogen (secondary N) is 1. The predicted octanol–water partition coefficient (Wildman–Crippen LogP) is 2.95. The Labute approximate surface area is 150 Å². The van der Waals surface area contributed by atoms with Crippen molar-refractivity contribution in [1.82, 2.24) is 10.2 Å². The molecule has 2 aromatic rings. The molecule has 1 aromatic carbocycles. The van der Waals surface area contributed by atoms with Crippen LogP contribution in [0.15, 0.2) is 34.7 Å². The van der Waals surface area contributed by atoms with Gasteiger partial charge in [-0.1, -0.05) is 6.07 Å². The van der Waals surface area contributed by atoms with E-state index in [4.69, 9.17) is 9.15 Å². The average molecular weight is 368 g/mol. The largest absolute Gasteiger partial charge is 0.493 e. The van der Waals surface area contributed by atoms with Crippen LogP contribution >= 0.6 is 0 Å². The second-order valence-corrected chi connectivity index (χ2v) is 5.83. The van der Waals surface area contributed by atoms with Gasteiger partial charge in [-0.15, -0.1) is 0 Å². The summed E-state index contributed by atoms with van der Waals surface area (Å²) in [5, 5.41) is 2.78. The maximum absolute atomic E-state index is 12.3. The van der Waals surface area contributed by atoms with Crippen molar-refractivity contribution in [3.63, 3.8) is 0 Å². The van der Waals surface area contributed by atoms with E-state index in [-0.39, 0.29) is 30.5 Å². The van der Waals surface area contributed by atoms with Gasteiger partial charge in [-0.05, 0) is 43.8 Å². The quantitative estimate of drug-likeness (QED) is 0.737. The summed E-state index contributed by atoms with van der Waals surface area (Å²) in [6.45, 7) is -0.0963. The van der Waals surface area contributed by atoms with E-state index in [9.17, 15) is 13.6 Å². The van der Waals surface area contributed by atoms with Crippen LogP contribution in [0.3, 0.4) is 0 Å². The number of halogens is 2. The molecule has 6 nitrogen and oxygen atoms in total. The number of likely N-dealkylation sites (N-methyl/N-ethyl adjacent to an activating group) is 1. The zero-order chi connectivity index (χ0) is 19.1. The molecule has 0 bridgehead atoms. The lowest BCUT2D eigenvalue weighted by atomic mass is 10.2. The third kappa shape index (κ3) is 6.03. The van der Waals surface area contributed by atoms with Gasteiger partial charge in [-0.3, -0.25) is 9.69 Å². The summed E-state index contributed by atoms with van der Waals surface area (Å²) in [5.41, 5.74) is 0.709. The number of rotatable bonds is 9. The maximum atomic E-state index is 12.3. The van der Waals surface area contributed by atoms with Crippen molar-refractivity contribution in [3.05, 3.63) is 47.4 Å². The first-order valence-corrected chi connectivity index (χ1v) is 7.99. The van der Waals surface area contributed by atoms with E-state index in [0.29, 0.717) is 12.1 Å². The van der Waals surface area contributed by atoms with Crippen molar-refractivity contribution < 1.29 is 27.5 Å². The molecule has 0 radical (unpaired) electrons. The minimum absolute atomic E-state index is 0.0500. The van der Waals surface area contributed by atoms with Gasteiger partial charge in [0.25, 0.3) is 0 Å². The van der Waals surface area contributed by atoms with E-state index in [0.717, 1.165) is 11.5 Å². The number of hydrogen-bond donors (Lipinski definition) is 1. The molecular formula is C18H22F2N2O4. The Morgan fingerprint density at radius 3 is 2.65 bits per heavy atom. The number of amides is 1. The second kappa shape index (κ2) is 9.19. The van der Waals surface area contributed by atoms with Gasteiger partial charge in [0.1, 0.15) is 11.5 Å². The number of aryl methyl sites for hydroxylation is 1. The zero-order valence-electron chi connectivity index (χ0n) is 14.9. The summed E-state index contributed by atoms with van der Waals surface area (Å²) >= 11 is 0. The van der Waals surface area contributed by atoms with Crippen LogP contribution in [-0.4, -0.2) is 38.1 Å². The van der Waals surface area contributed by atoms with Gasteiger partial charge in [0, 0.05) is 6.54 Å². The molecule has 26 heavy (non-hydrogen) atoms. The summed E-state index contributed by atoms with van der Waals surface area (Å²) < 4.78 is 39.5. The van der Waals surface area contributed by atoms with Crippen LogP contribution in [0.5, 0.6) is 11.5 Å². The molecular weight excluding hydrogens is 346 g/mol. The molecule has 2 rings (SSSR count). The number of hydrogen-bond acceptors (Lipinski definition) is 5. The molecule has 0 aliphatic rings. The molecule has 1 N–H and O–H groups in total. The number of benzene rings is 1. The average Bonchev–Trinajstić information content (AvgIpc) is 2.98. The Balaban J connectivity index is 1.84. The van der Waals surface area contributed by atoms with Gasteiger partial charge in [0.05, 0.1) is 20.2 Å². The Bertz CT molecular complexity index is 734. The summed E-state index contributed by atoms with van der Waals surface area (Å²) in [6.07, 6.45) is 0. The molecule has 0 spiro atoms. The number of nitrogens with zero attached hydrogens (tertiary/aromatic N) is 1. The van der Waals surface area contributed by atoms with Gasteiger partial charge in [0.2, 0.25) is 5.91 Å². The molecule has 1 amide bonds. The van der Waals surface area contributed by atoms with Crippen LogP contribution in [0.1, 0.15) is 17.1 Å². The van der Waals surface area contributed by atoms with Crippen LogP contribution in [0.2, 0.25) is 0 Å². The number of methoxy groups -OCH3 is 1. The van der Waals surface area contributed by atoms with Crippen molar-refractivity contribution in [2.45, 2.75) is 26.6 Å². The van der Waals surface area contributed by atoms with Crippen molar-refractivity contribution in [3.8, 4) is 11.5 Å². The fourth-order valence-corrected chi connectivity index (χ4v) is 2.41. The Kier molecular flexibility index (Phi) is 6.97. The lowest BCUT2D eigenvalue weighted by Gasteiger charge is -2.15. The first-order chi connectivity index (χ1) is 12.4. The van der Waals surface area contributed by atoms with Gasteiger partial charge < -0.3 is 19.2 Å². The normalized spacial score (nSPS) is 11.0. The monoisotopic (exact) mass is 368 g/mol. The van der Waals surface area contributed by atoms with Gasteiger partial charge in [-0.2, -0.15) is 8.78 Å². The van der Waals surface area contributed by atoms with E-state index in [1.54, 1.807) is 12.1 Å². The van der Waals surface area contributed by atoms with E-state index >= 15 is 0 Å². The first kappa shape index (κ1) is 19.7. The third-order valence-corrected chi connectivity index (χ3v) is 3.57. The van der Waals surface area contributed by atoms with Crippen LogP contribution in [0, 0.1) is 6.92 Å². The highest BCUT2D eigenvalue weighted by molar-refractivity contribution is 5.78. The number of carbonyl (C=O) groups is 1. The van der Waals surface area contributed by atoms with Crippen molar-refractivity contribution in [1.29, 1.82) is 0 Å². The minimum Gasteiger partial charge on any atom is -0.493 e. The van der Waals surface area contributed by atoms with Crippen molar-refractivity contribution >= 4 is 5.91 Å². The Morgan fingerprint density at radius 2 is 2.04 bits per heavy atom. The van der Waals surface area contributed by atoms with Crippen molar-refractivity contribution in [2.24, 2.45) is 0 Å². The molecule has 0 atom stereocenters. The number of furan rings is 1. The van der Waals surface area contributed by atoms with Crippen molar-refractivity contribution in [2.75, 3.05) is 20.7 Å². The number of carbonyl (C=O) groups excluding carboxylic acids is 1. The van der Waals surface area contributed by atoms with E-state index in [1.165, 1.54) is 13.2 Å². The van der Waals surface area contributed by atoms with Crippen LogP contribution in [-0.2, 0) is 17.9 Å². The van der Waals surface area contributed by atoms with Crippen LogP contribution in [0.25, 0.3) is 0 Å². The van der Waals surface area contributed by atoms with Crippen LogP contribution < -0.4 is 14.8 Å². The highest BCUT2D eigenvalue weighted by Gasteiger charge is 2.12. The maximum Gasteiger partial charge on any atom is 0.387 e.